The Labute approximate surface area is 85.7 Å². The maximum absolute atomic E-state index is 11.5. The average Bonchev–Trinajstić information content (AvgIpc) is 2.83. The summed E-state index contributed by atoms with van der Waals surface area (Å²) in [5.41, 5.74) is 0.541. The second-order valence-corrected chi connectivity index (χ2v) is 4.14. The van der Waals surface area contributed by atoms with E-state index in [4.69, 9.17) is 9.84 Å². The summed E-state index contributed by atoms with van der Waals surface area (Å²) in [7, 11) is 1.27. The lowest BCUT2D eigenvalue weighted by molar-refractivity contribution is -0.138. The van der Waals surface area contributed by atoms with E-state index < -0.39 is 11.9 Å². The Bertz CT molecular complexity index is 397. The van der Waals surface area contributed by atoms with Gasteiger partial charge in [-0.05, 0) is 6.42 Å². The summed E-state index contributed by atoms with van der Waals surface area (Å²) in [6.45, 7) is 0. The van der Waals surface area contributed by atoms with Crippen LogP contribution in [0.2, 0.25) is 0 Å². The average molecular weight is 210 g/mol. The minimum atomic E-state index is -1.02. The summed E-state index contributed by atoms with van der Waals surface area (Å²) in [4.78, 5) is 22.5. The van der Waals surface area contributed by atoms with Gasteiger partial charge in [-0.3, -0.25) is 0 Å². The third-order valence-electron chi connectivity index (χ3n) is 3.53. The van der Waals surface area contributed by atoms with Crippen molar-refractivity contribution in [2.24, 2.45) is 11.8 Å². The summed E-state index contributed by atoms with van der Waals surface area (Å²) in [5, 5.41) is 9.07. The first-order valence-corrected chi connectivity index (χ1v) is 4.86. The molecule has 3 rings (SSSR count). The van der Waals surface area contributed by atoms with Gasteiger partial charge in [0.2, 0.25) is 0 Å². The van der Waals surface area contributed by atoms with Crippen molar-refractivity contribution >= 4 is 11.9 Å². The lowest BCUT2D eigenvalue weighted by atomic mass is 9.92. The molecule has 2 bridgehead atoms. The Hall–Kier alpha value is -1.36. The molecule has 0 aromatic heterocycles. The number of carboxylic acids is 1. The number of carbonyl (C=O) groups excluding carboxylic acids is 1. The number of fused-ring (bicyclic) bond motifs is 5. The summed E-state index contributed by atoms with van der Waals surface area (Å²) >= 11 is 0. The van der Waals surface area contributed by atoms with Crippen LogP contribution in [-0.2, 0) is 19.1 Å². The normalized spacial score (nSPS) is 40.3. The van der Waals surface area contributed by atoms with Crippen molar-refractivity contribution in [3.05, 3.63) is 11.1 Å². The molecule has 0 radical (unpaired) electrons. The Kier molecular flexibility index (Phi) is 1.55. The van der Waals surface area contributed by atoms with Crippen molar-refractivity contribution in [2.45, 2.75) is 18.6 Å². The molecule has 0 amide bonds. The lowest BCUT2D eigenvalue weighted by Gasteiger charge is -2.11. The minimum Gasteiger partial charge on any atom is -0.478 e. The minimum absolute atomic E-state index is 0.0366. The first-order chi connectivity index (χ1) is 7.15. The van der Waals surface area contributed by atoms with Crippen molar-refractivity contribution in [2.75, 3.05) is 7.11 Å². The molecule has 1 aliphatic heterocycles. The van der Waals surface area contributed by atoms with E-state index in [-0.39, 0.29) is 29.6 Å². The number of hydrogen-bond donors (Lipinski definition) is 1. The summed E-state index contributed by atoms with van der Waals surface area (Å²) in [6, 6.07) is 0. The van der Waals surface area contributed by atoms with Gasteiger partial charge in [0.1, 0.15) is 0 Å². The number of aliphatic carboxylic acids is 1. The molecular formula is C10H10O5. The maximum Gasteiger partial charge on any atom is 0.334 e. The number of hydrogen-bond acceptors (Lipinski definition) is 4. The van der Waals surface area contributed by atoms with Crippen LogP contribution in [0.5, 0.6) is 0 Å². The van der Waals surface area contributed by atoms with E-state index in [0.29, 0.717) is 5.57 Å². The van der Waals surface area contributed by atoms with Crippen LogP contribution >= 0.6 is 0 Å². The van der Waals surface area contributed by atoms with Gasteiger partial charge in [0.25, 0.3) is 0 Å². The van der Waals surface area contributed by atoms with Crippen molar-refractivity contribution in [3.8, 4) is 0 Å². The first-order valence-electron chi connectivity index (χ1n) is 4.86. The first kappa shape index (κ1) is 8.91. The lowest BCUT2D eigenvalue weighted by Crippen LogP contribution is -2.23. The van der Waals surface area contributed by atoms with Gasteiger partial charge in [0, 0.05) is 11.8 Å². The van der Waals surface area contributed by atoms with Crippen LogP contribution in [0.3, 0.4) is 0 Å². The predicted molar refractivity (Wildman–Crippen MR) is 46.9 cm³/mol. The number of methoxy groups -OCH3 is 1. The quantitative estimate of drug-likeness (QED) is 0.511. The largest absolute Gasteiger partial charge is 0.478 e. The number of carbonyl (C=O) groups is 2. The van der Waals surface area contributed by atoms with Gasteiger partial charge >= 0.3 is 11.9 Å². The molecule has 1 N–H and O–H groups in total. The highest BCUT2D eigenvalue weighted by molar-refractivity contribution is 6.02. The Morgan fingerprint density at radius 2 is 1.93 bits per heavy atom. The molecule has 0 unspecified atom stereocenters. The van der Waals surface area contributed by atoms with Crippen LogP contribution in [0.4, 0.5) is 0 Å². The van der Waals surface area contributed by atoms with E-state index in [9.17, 15) is 9.59 Å². The standard InChI is InChI=1S/C10H10O5/c1-14-10(13)6-4-2-3(5(6)9(11)12)7-8(4)15-7/h3-4,7-8H,2H2,1H3,(H,11,12)/t3-,4+,7-,8+/m0/s1. The monoisotopic (exact) mass is 210 g/mol. The third kappa shape index (κ3) is 0.958. The summed E-state index contributed by atoms with van der Waals surface area (Å²) < 4.78 is 9.95. The van der Waals surface area contributed by atoms with Crippen LogP contribution in [0.15, 0.2) is 11.1 Å². The molecule has 80 valence electrons. The van der Waals surface area contributed by atoms with Crippen LogP contribution < -0.4 is 0 Å². The highest BCUT2D eigenvalue weighted by Crippen LogP contribution is 2.58. The van der Waals surface area contributed by atoms with Gasteiger partial charge in [0.05, 0.1) is 30.5 Å². The molecule has 4 atom stereocenters. The SMILES string of the molecule is COC(=O)C1=C(C(=O)O)[C@@H]2C[C@H]1[C@H]1O[C@H]12. The fourth-order valence-corrected chi connectivity index (χ4v) is 2.93. The highest BCUT2D eigenvalue weighted by Gasteiger charge is 2.65. The van der Waals surface area contributed by atoms with Crippen LogP contribution in [0.25, 0.3) is 0 Å². The zero-order valence-corrected chi connectivity index (χ0v) is 8.10. The predicted octanol–water partition coefficient (Wildman–Crippen LogP) is -0.0423. The van der Waals surface area contributed by atoms with Gasteiger partial charge in [-0.2, -0.15) is 0 Å². The molecule has 0 aromatic rings. The van der Waals surface area contributed by atoms with Gasteiger partial charge < -0.3 is 14.6 Å². The molecule has 0 spiro atoms. The van der Waals surface area contributed by atoms with Crippen molar-refractivity contribution in [3.63, 3.8) is 0 Å². The van der Waals surface area contributed by atoms with E-state index in [2.05, 4.69) is 4.74 Å². The topological polar surface area (TPSA) is 76.1 Å². The molecule has 1 saturated carbocycles. The van der Waals surface area contributed by atoms with Crippen molar-refractivity contribution in [1.82, 2.24) is 0 Å². The second kappa shape index (κ2) is 2.61. The zero-order valence-electron chi connectivity index (χ0n) is 8.10. The molecule has 1 heterocycles. The molecule has 1 saturated heterocycles. The number of carboxylic acid groups (broad SMARTS) is 1. The van der Waals surface area contributed by atoms with Gasteiger partial charge in [-0.25, -0.2) is 9.59 Å². The maximum atomic E-state index is 11.5. The summed E-state index contributed by atoms with van der Waals surface area (Å²) in [6.07, 6.45) is 0.822. The molecule has 2 aliphatic carbocycles. The summed E-state index contributed by atoms with van der Waals surface area (Å²) in [5.74, 6) is -1.70. The number of esters is 1. The molecule has 5 heteroatoms. The molecule has 5 nitrogen and oxygen atoms in total. The van der Waals surface area contributed by atoms with Crippen LogP contribution in [-0.4, -0.2) is 36.4 Å². The van der Waals surface area contributed by atoms with Gasteiger partial charge in [0.15, 0.2) is 0 Å². The zero-order chi connectivity index (χ0) is 10.7. The fraction of sp³-hybridized carbons (Fsp3) is 0.600. The molecule has 0 aromatic carbocycles. The van der Waals surface area contributed by atoms with Crippen LogP contribution in [0.1, 0.15) is 6.42 Å². The Morgan fingerprint density at radius 1 is 1.33 bits per heavy atom. The number of rotatable bonds is 2. The molecular weight excluding hydrogens is 200 g/mol. The van der Waals surface area contributed by atoms with E-state index in [1.165, 1.54) is 7.11 Å². The van der Waals surface area contributed by atoms with E-state index >= 15 is 0 Å². The molecule has 15 heavy (non-hydrogen) atoms. The highest BCUT2D eigenvalue weighted by atomic mass is 16.6. The van der Waals surface area contributed by atoms with E-state index in [1.54, 1.807) is 0 Å². The fourth-order valence-electron chi connectivity index (χ4n) is 2.93. The number of epoxide rings is 1. The van der Waals surface area contributed by atoms with E-state index in [1.807, 2.05) is 0 Å². The molecule has 3 aliphatic rings. The molecule has 2 fully saturated rings. The van der Waals surface area contributed by atoms with E-state index in [0.717, 1.165) is 6.42 Å². The van der Waals surface area contributed by atoms with Crippen LogP contribution in [0, 0.1) is 11.8 Å². The Balaban J connectivity index is 2.06. The number of ether oxygens (including phenoxy) is 2. The van der Waals surface area contributed by atoms with Gasteiger partial charge in [-0.1, -0.05) is 0 Å². The second-order valence-electron chi connectivity index (χ2n) is 4.14. The smallest absolute Gasteiger partial charge is 0.334 e. The third-order valence-corrected chi connectivity index (χ3v) is 3.53. The van der Waals surface area contributed by atoms with Crippen molar-refractivity contribution in [1.29, 1.82) is 0 Å². The Morgan fingerprint density at radius 3 is 2.47 bits per heavy atom. The van der Waals surface area contributed by atoms with Gasteiger partial charge in [-0.15, -0.1) is 0 Å². The van der Waals surface area contributed by atoms with Crippen molar-refractivity contribution < 1.29 is 24.2 Å².